The van der Waals surface area contributed by atoms with Crippen LogP contribution in [0.25, 0.3) is 0 Å². The van der Waals surface area contributed by atoms with Crippen LogP contribution in [0.3, 0.4) is 0 Å². The van der Waals surface area contributed by atoms with Gasteiger partial charge in [-0.15, -0.1) is 0 Å². The SMILES string of the molecule is CC[Si](CC)(CC)OC[C@]1(C)O[C@H]1[C@@H](C)CO[Si](c1ccccc1)(c1ccccc1)C(C)(C)C. The van der Waals surface area contributed by atoms with Gasteiger partial charge in [0.15, 0.2) is 8.32 Å². The summed E-state index contributed by atoms with van der Waals surface area (Å²) in [5.74, 6) is 0.302. The lowest BCUT2D eigenvalue weighted by Gasteiger charge is -2.43. The minimum atomic E-state index is -2.52. The Labute approximate surface area is 210 Å². The quantitative estimate of drug-likeness (QED) is 0.251. The Kier molecular flexibility index (Phi) is 8.68. The topological polar surface area (TPSA) is 31.0 Å². The van der Waals surface area contributed by atoms with E-state index in [1.165, 1.54) is 28.5 Å². The summed E-state index contributed by atoms with van der Waals surface area (Å²) in [4.78, 5) is 0. The zero-order valence-corrected chi connectivity index (χ0v) is 24.7. The monoisotopic (exact) mass is 498 g/mol. The molecular weight excluding hydrogens is 452 g/mol. The second-order valence-corrected chi connectivity index (χ2v) is 20.4. The van der Waals surface area contributed by atoms with Crippen LogP contribution in [-0.2, 0) is 13.6 Å². The van der Waals surface area contributed by atoms with Gasteiger partial charge < -0.3 is 13.6 Å². The fourth-order valence-corrected chi connectivity index (χ4v) is 12.9. The van der Waals surface area contributed by atoms with Crippen LogP contribution in [0.1, 0.15) is 55.4 Å². The molecule has 1 heterocycles. The van der Waals surface area contributed by atoms with Crippen LogP contribution in [0.15, 0.2) is 60.7 Å². The van der Waals surface area contributed by atoms with Crippen molar-refractivity contribution < 1.29 is 13.6 Å². The summed E-state index contributed by atoms with van der Waals surface area (Å²) in [7, 11) is -4.14. The highest BCUT2D eigenvalue weighted by molar-refractivity contribution is 6.99. The van der Waals surface area contributed by atoms with Gasteiger partial charge in [-0.05, 0) is 40.5 Å². The molecule has 0 radical (unpaired) electrons. The van der Waals surface area contributed by atoms with E-state index in [-0.39, 0.29) is 16.7 Å². The molecule has 5 heteroatoms. The van der Waals surface area contributed by atoms with Gasteiger partial charge in [-0.1, -0.05) is 109 Å². The normalized spacial score (nSPS) is 21.9. The van der Waals surface area contributed by atoms with Crippen molar-refractivity contribution >= 4 is 27.0 Å². The van der Waals surface area contributed by atoms with E-state index >= 15 is 0 Å². The van der Waals surface area contributed by atoms with Gasteiger partial charge in [0.05, 0.1) is 12.7 Å². The number of rotatable bonds is 12. The fourth-order valence-electron chi connectivity index (χ4n) is 5.55. The zero-order valence-electron chi connectivity index (χ0n) is 22.7. The molecule has 0 aliphatic carbocycles. The molecule has 0 N–H and O–H groups in total. The summed E-state index contributed by atoms with van der Waals surface area (Å²) >= 11 is 0. The predicted molar refractivity (Wildman–Crippen MR) is 149 cm³/mol. The largest absolute Gasteiger partial charge is 0.414 e. The maximum Gasteiger partial charge on any atom is 0.261 e. The third-order valence-electron chi connectivity index (χ3n) is 8.04. The molecule has 1 saturated heterocycles. The molecule has 0 aromatic heterocycles. The first kappa shape index (κ1) is 27.3. The van der Waals surface area contributed by atoms with E-state index in [9.17, 15) is 0 Å². The summed E-state index contributed by atoms with van der Waals surface area (Å²) in [5, 5.41) is 2.64. The number of hydrogen-bond donors (Lipinski definition) is 0. The minimum Gasteiger partial charge on any atom is -0.414 e. The van der Waals surface area contributed by atoms with Gasteiger partial charge in [-0.2, -0.15) is 0 Å². The van der Waals surface area contributed by atoms with Crippen LogP contribution in [0.2, 0.25) is 23.2 Å². The van der Waals surface area contributed by atoms with Crippen molar-refractivity contribution in [2.75, 3.05) is 13.2 Å². The van der Waals surface area contributed by atoms with Crippen LogP contribution >= 0.6 is 0 Å². The molecule has 2 aromatic carbocycles. The molecule has 1 aliphatic heterocycles. The van der Waals surface area contributed by atoms with Crippen molar-refractivity contribution in [3.05, 3.63) is 60.7 Å². The van der Waals surface area contributed by atoms with Crippen LogP contribution < -0.4 is 10.4 Å². The minimum absolute atomic E-state index is 0.0131. The van der Waals surface area contributed by atoms with Gasteiger partial charge >= 0.3 is 0 Å². The van der Waals surface area contributed by atoms with Gasteiger partial charge in [0.1, 0.15) is 5.60 Å². The van der Waals surface area contributed by atoms with Gasteiger partial charge in [-0.3, -0.25) is 0 Å². The molecule has 0 amide bonds. The highest BCUT2D eigenvalue weighted by Crippen LogP contribution is 2.44. The van der Waals surface area contributed by atoms with Crippen molar-refractivity contribution in [1.82, 2.24) is 0 Å². The fraction of sp³-hybridized carbons (Fsp3) is 0.586. The number of ether oxygens (including phenoxy) is 1. The van der Waals surface area contributed by atoms with Crippen molar-refractivity contribution in [3.8, 4) is 0 Å². The second kappa shape index (κ2) is 10.8. The zero-order chi connectivity index (χ0) is 25.0. The van der Waals surface area contributed by atoms with E-state index in [2.05, 4.69) is 116 Å². The Morgan fingerprint density at radius 2 is 1.32 bits per heavy atom. The molecule has 3 nitrogen and oxygen atoms in total. The Bertz CT molecular complexity index is 845. The molecule has 0 unspecified atom stereocenters. The van der Waals surface area contributed by atoms with E-state index in [1.807, 2.05) is 0 Å². The summed E-state index contributed by atoms with van der Waals surface area (Å²) < 4.78 is 20.1. The third-order valence-corrected chi connectivity index (χ3v) is 17.7. The molecule has 188 valence electrons. The highest BCUT2D eigenvalue weighted by Gasteiger charge is 2.57. The maximum atomic E-state index is 7.16. The molecule has 3 atom stereocenters. The molecular formula is C29H46O3Si2. The smallest absolute Gasteiger partial charge is 0.261 e. The lowest BCUT2D eigenvalue weighted by molar-refractivity contribution is 0.186. The Morgan fingerprint density at radius 1 is 0.853 bits per heavy atom. The van der Waals surface area contributed by atoms with Crippen LogP contribution in [0, 0.1) is 5.92 Å². The van der Waals surface area contributed by atoms with Gasteiger partial charge in [0, 0.05) is 12.5 Å². The van der Waals surface area contributed by atoms with E-state index in [1.54, 1.807) is 0 Å². The molecule has 1 fully saturated rings. The average Bonchev–Trinajstić information content (AvgIpc) is 3.53. The number of hydrogen-bond acceptors (Lipinski definition) is 3. The first-order valence-electron chi connectivity index (χ1n) is 13.1. The van der Waals surface area contributed by atoms with Crippen LogP contribution in [-0.4, -0.2) is 41.6 Å². The summed E-state index contributed by atoms with van der Waals surface area (Å²) in [5.41, 5.74) is -0.189. The summed E-state index contributed by atoms with van der Waals surface area (Å²) in [6.07, 6.45) is 0.183. The van der Waals surface area contributed by atoms with Crippen molar-refractivity contribution in [1.29, 1.82) is 0 Å². The van der Waals surface area contributed by atoms with Crippen LogP contribution in [0.5, 0.6) is 0 Å². The Morgan fingerprint density at radius 3 is 1.74 bits per heavy atom. The molecule has 0 bridgehead atoms. The Balaban J connectivity index is 1.79. The average molecular weight is 499 g/mol. The van der Waals surface area contributed by atoms with Gasteiger partial charge in [0.25, 0.3) is 8.32 Å². The maximum absolute atomic E-state index is 7.16. The molecule has 3 rings (SSSR count). The Hall–Kier alpha value is -1.25. The first-order chi connectivity index (χ1) is 16.1. The molecule has 34 heavy (non-hydrogen) atoms. The summed E-state index contributed by atoms with van der Waals surface area (Å²) in [6, 6.07) is 25.3. The summed E-state index contributed by atoms with van der Waals surface area (Å²) in [6.45, 7) is 19.7. The predicted octanol–water partition coefficient (Wildman–Crippen LogP) is 6.38. The van der Waals surface area contributed by atoms with E-state index in [4.69, 9.17) is 13.6 Å². The first-order valence-corrected chi connectivity index (χ1v) is 17.6. The highest BCUT2D eigenvalue weighted by atomic mass is 28.4. The molecule has 1 aliphatic rings. The van der Waals surface area contributed by atoms with E-state index < -0.39 is 16.6 Å². The van der Waals surface area contributed by atoms with Crippen molar-refractivity contribution in [2.24, 2.45) is 5.92 Å². The lowest BCUT2D eigenvalue weighted by Crippen LogP contribution is -2.67. The molecule has 0 saturated carbocycles. The lowest BCUT2D eigenvalue weighted by atomic mass is 9.99. The van der Waals surface area contributed by atoms with Crippen LogP contribution in [0.4, 0.5) is 0 Å². The second-order valence-electron chi connectivity index (χ2n) is 11.3. The standard InChI is InChI=1S/C29H46O3Si2/c1-9-33(10-2,11-3)31-23-29(8)27(32-29)24(4)22-30-34(28(5,6)7,25-18-14-12-15-19-25)26-20-16-13-17-21-26/h12-21,24,27H,9-11,22-23H2,1-8H3/t24-,27-,29-/m0/s1. The van der Waals surface area contributed by atoms with Crippen molar-refractivity contribution in [3.63, 3.8) is 0 Å². The van der Waals surface area contributed by atoms with Gasteiger partial charge in [-0.25, -0.2) is 0 Å². The van der Waals surface area contributed by atoms with E-state index in [0.29, 0.717) is 19.1 Å². The van der Waals surface area contributed by atoms with E-state index in [0.717, 1.165) is 0 Å². The third kappa shape index (κ3) is 5.44. The van der Waals surface area contributed by atoms with Crippen molar-refractivity contribution in [2.45, 2.75) is 90.3 Å². The molecule has 2 aromatic rings. The van der Waals surface area contributed by atoms with Gasteiger partial charge in [0.2, 0.25) is 0 Å². The number of epoxide rings is 1. The number of benzene rings is 2. The molecule has 0 spiro atoms.